The van der Waals surface area contributed by atoms with E-state index in [4.69, 9.17) is 18.4 Å². The normalized spacial score (nSPS) is 14.1. The van der Waals surface area contributed by atoms with E-state index in [9.17, 15) is 0 Å². The number of hydrogen-bond donors (Lipinski definition) is 1. The maximum atomic E-state index is 5.29. The van der Waals surface area contributed by atoms with Gasteiger partial charge in [-0.1, -0.05) is 32.4 Å². The van der Waals surface area contributed by atoms with Crippen LogP contribution in [0.3, 0.4) is 0 Å². The Labute approximate surface area is 50.7 Å². The lowest BCUT2D eigenvalue weighted by atomic mass is 10.2. The van der Waals surface area contributed by atoms with Crippen molar-refractivity contribution in [3.8, 4) is 0 Å². The second-order valence-corrected chi connectivity index (χ2v) is 2.29. The minimum absolute atomic E-state index is 0.0139. The third kappa shape index (κ3) is 6.31. The van der Waals surface area contributed by atoms with E-state index in [1.165, 1.54) is 12.8 Å². The van der Waals surface area contributed by atoms with Crippen LogP contribution in [0.1, 0.15) is 26.2 Å². The zero-order chi connectivity index (χ0) is 5.70. The quantitative estimate of drug-likeness (QED) is 0.599. The van der Waals surface area contributed by atoms with E-state index in [-0.39, 0.29) is 5.37 Å². The largest absolute Gasteiger partial charge is 0.319 e. The Morgan fingerprint density at radius 3 is 2.43 bits per heavy atom. The molecule has 0 aromatic heterocycles. The van der Waals surface area contributed by atoms with Crippen molar-refractivity contribution < 1.29 is 0 Å². The van der Waals surface area contributed by atoms with Gasteiger partial charge in [0.1, 0.15) is 0 Å². The van der Waals surface area contributed by atoms with Crippen molar-refractivity contribution in [1.29, 1.82) is 0 Å². The first-order valence-electron chi connectivity index (χ1n) is 2.68. The van der Waals surface area contributed by atoms with Crippen LogP contribution in [0.4, 0.5) is 0 Å². The van der Waals surface area contributed by atoms with Gasteiger partial charge >= 0.3 is 0 Å². The number of unbranched alkanes of at least 4 members (excludes halogenated alkanes) is 1. The van der Waals surface area contributed by atoms with E-state index in [0.717, 1.165) is 6.42 Å². The fourth-order valence-corrected chi connectivity index (χ4v) is 0.572. The second-order valence-electron chi connectivity index (χ2n) is 1.68. The van der Waals surface area contributed by atoms with Crippen LogP contribution in [0.25, 0.3) is 0 Å². The molecule has 1 nitrogen and oxygen atoms in total. The molecule has 0 saturated carbocycles. The molecule has 0 bridgehead atoms. The molecule has 0 saturated heterocycles. The van der Waals surface area contributed by atoms with E-state index in [1.54, 1.807) is 0 Å². The summed E-state index contributed by atoms with van der Waals surface area (Å²) in [7, 11) is 0. The van der Waals surface area contributed by atoms with Gasteiger partial charge in [0.15, 0.2) is 0 Å². The molecule has 1 unspecified atom stereocenters. The van der Waals surface area contributed by atoms with Crippen molar-refractivity contribution in [1.82, 2.24) is 0 Å². The molecule has 2 heteroatoms. The Morgan fingerprint density at radius 2 is 2.29 bits per heavy atom. The molecule has 2 N–H and O–H groups in total. The average molecular weight is 118 g/mol. The molecule has 0 amide bonds. The lowest BCUT2D eigenvalue weighted by Crippen LogP contribution is -2.10. The van der Waals surface area contributed by atoms with Crippen molar-refractivity contribution in [3.05, 3.63) is 0 Å². The molecule has 0 fully saturated rings. The Bertz CT molecular complexity index is 37.1. The lowest BCUT2D eigenvalue weighted by molar-refractivity contribution is 0.701. The first-order valence-corrected chi connectivity index (χ1v) is 3.16. The lowest BCUT2D eigenvalue weighted by Gasteiger charge is -1.97. The van der Waals surface area contributed by atoms with E-state index in [0.29, 0.717) is 0 Å². The van der Waals surface area contributed by atoms with E-state index in [1.807, 2.05) is 0 Å². The summed E-state index contributed by atoms with van der Waals surface area (Å²) in [4.78, 5) is 0. The van der Waals surface area contributed by atoms with Crippen LogP contribution in [0.2, 0.25) is 0 Å². The van der Waals surface area contributed by atoms with Crippen LogP contribution in [0, 0.1) is 0 Å². The first kappa shape index (κ1) is 7.31. The molecule has 7 heavy (non-hydrogen) atoms. The third-order valence-corrected chi connectivity index (χ3v) is 1.08. The number of rotatable bonds is 3. The minimum Gasteiger partial charge on any atom is -0.319 e. The van der Waals surface area contributed by atoms with Gasteiger partial charge in [0, 0.05) is 0 Å². The van der Waals surface area contributed by atoms with Crippen LogP contribution in [0.15, 0.2) is 0 Å². The monoisotopic (exact) mass is 118 g/mol. The Morgan fingerprint density at radius 1 is 1.71 bits per heavy atom. The summed E-state index contributed by atoms with van der Waals surface area (Å²) in [5.74, 6) is 0. The van der Waals surface area contributed by atoms with Crippen molar-refractivity contribution >= 4 is 12.6 Å². The van der Waals surface area contributed by atoms with E-state index < -0.39 is 0 Å². The van der Waals surface area contributed by atoms with Crippen LogP contribution < -0.4 is 5.73 Å². The Hall–Kier alpha value is 0.310. The number of nitrogens with two attached hydrogens (primary N) is 1. The average Bonchev–Trinajstić information content (AvgIpc) is 1.61. The fraction of sp³-hybridized carbons (Fsp3) is 1.00. The van der Waals surface area contributed by atoms with Crippen molar-refractivity contribution in [2.45, 2.75) is 31.6 Å². The summed E-state index contributed by atoms with van der Waals surface area (Å²) < 4.78 is 0. The molecule has 1 atom stereocenters. The summed E-state index contributed by atoms with van der Waals surface area (Å²) in [5.41, 5.74) is 5.29. The standard InChI is InChI=1S/C5H12NS/c1-2-3-4-5(6)7/h5H,2-4,6H2,1H3. The zero-order valence-corrected chi connectivity index (χ0v) is 5.50. The molecule has 1 radical (unpaired) electrons. The minimum atomic E-state index is -0.0139. The topological polar surface area (TPSA) is 26.0 Å². The first-order chi connectivity index (χ1) is 3.27. The summed E-state index contributed by atoms with van der Waals surface area (Å²) in [6.45, 7) is 2.14. The van der Waals surface area contributed by atoms with Gasteiger partial charge < -0.3 is 5.73 Å². The molecular formula is C5H12NS. The summed E-state index contributed by atoms with van der Waals surface area (Å²) in [6, 6.07) is 0. The summed E-state index contributed by atoms with van der Waals surface area (Å²) in [5, 5.41) is -0.0139. The van der Waals surface area contributed by atoms with Gasteiger partial charge in [-0.3, -0.25) is 0 Å². The van der Waals surface area contributed by atoms with Crippen molar-refractivity contribution in [3.63, 3.8) is 0 Å². The molecule has 0 rings (SSSR count). The fourth-order valence-electron chi connectivity index (χ4n) is 0.405. The predicted octanol–water partition coefficient (Wildman–Crippen LogP) is 1.66. The maximum absolute atomic E-state index is 5.29. The van der Waals surface area contributed by atoms with Crippen LogP contribution in [-0.4, -0.2) is 5.37 Å². The molecular weight excluding hydrogens is 106 g/mol. The molecule has 0 heterocycles. The van der Waals surface area contributed by atoms with Gasteiger partial charge in [0.25, 0.3) is 0 Å². The van der Waals surface area contributed by atoms with Crippen LogP contribution >= 0.6 is 12.6 Å². The molecule has 0 aliphatic rings. The summed E-state index contributed by atoms with van der Waals surface area (Å²) in [6.07, 6.45) is 3.36. The van der Waals surface area contributed by atoms with Gasteiger partial charge in [-0.25, -0.2) is 0 Å². The predicted molar refractivity (Wildman–Crippen MR) is 35.1 cm³/mol. The second kappa shape index (κ2) is 4.47. The van der Waals surface area contributed by atoms with Crippen LogP contribution in [-0.2, 0) is 0 Å². The van der Waals surface area contributed by atoms with Crippen molar-refractivity contribution in [2.24, 2.45) is 5.73 Å². The van der Waals surface area contributed by atoms with Crippen LogP contribution in [0.5, 0.6) is 0 Å². The Balaban J connectivity index is 2.68. The van der Waals surface area contributed by atoms with Crippen molar-refractivity contribution in [2.75, 3.05) is 0 Å². The van der Waals surface area contributed by atoms with E-state index in [2.05, 4.69) is 6.92 Å². The highest BCUT2D eigenvalue weighted by molar-refractivity contribution is 7.80. The highest BCUT2D eigenvalue weighted by Gasteiger charge is 1.90. The third-order valence-electron chi connectivity index (χ3n) is 0.842. The van der Waals surface area contributed by atoms with Gasteiger partial charge in [0.05, 0.1) is 5.37 Å². The highest BCUT2D eigenvalue weighted by atomic mass is 32.1. The smallest absolute Gasteiger partial charge is 0.0612 e. The molecule has 0 aliphatic carbocycles. The highest BCUT2D eigenvalue weighted by Crippen LogP contribution is 1.99. The van der Waals surface area contributed by atoms with Gasteiger partial charge in [-0.2, -0.15) is 0 Å². The van der Waals surface area contributed by atoms with Gasteiger partial charge in [-0.05, 0) is 6.42 Å². The SMILES string of the molecule is CCCCC(N)[S]. The molecule has 0 aromatic carbocycles. The molecule has 43 valence electrons. The number of hydrogen-bond acceptors (Lipinski definition) is 1. The molecule has 0 spiro atoms. The zero-order valence-electron chi connectivity index (χ0n) is 4.68. The van der Waals surface area contributed by atoms with E-state index >= 15 is 0 Å². The Kier molecular flexibility index (Phi) is 4.67. The maximum Gasteiger partial charge on any atom is 0.0612 e. The molecule has 0 aromatic rings. The summed E-state index contributed by atoms with van der Waals surface area (Å²) >= 11 is 4.72. The van der Waals surface area contributed by atoms with Gasteiger partial charge in [0.2, 0.25) is 0 Å². The van der Waals surface area contributed by atoms with Gasteiger partial charge in [-0.15, -0.1) is 0 Å². The molecule has 0 aliphatic heterocycles.